The van der Waals surface area contributed by atoms with E-state index in [0.717, 1.165) is 31.0 Å². The number of rotatable bonds is 12. The van der Waals surface area contributed by atoms with Gasteiger partial charge in [-0.2, -0.15) is 0 Å². The first-order chi connectivity index (χ1) is 11.8. The van der Waals surface area contributed by atoms with Crippen molar-refractivity contribution in [3.63, 3.8) is 0 Å². The molecule has 0 aromatic carbocycles. The zero-order valence-corrected chi connectivity index (χ0v) is 15.0. The summed E-state index contributed by atoms with van der Waals surface area (Å²) in [6, 6.07) is 3.80. The molecule has 0 aliphatic carbocycles. The van der Waals surface area contributed by atoms with Crippen LogP contribution in [0.15, 0.2) is 23.3 Å². The summed E-state index contributed by atoms with van der Waals surface area (Å²) in [6.45, 7) is 6.18. The average molecular weight is 338 g/mol. The smallest absolute Gasteiger partial charge is 0.212 e. The van der Waals surface area contributed by atoms with Gasteiger partial charge in [0.05, 0.1) is 26.9 Å². The summed E-state index contributed by atoms with van der Waals surface area (Å²) in [6.07, 6.45) is 4.04. The number of nitrogens with one attached hydrogen (secondary N) is 2. The van der Waals surface area contributed by atoms with Gasteiger partial charge in [0.1, 0.15) is 0 Å². The number of guanidine groups is 1. The van der Waals surface area contributed by atoms with Gasteiger partial charge in [-0.05, 0) is 12.0 Å². The number of ether oxygens (including phenoxy) is 3. The highest BCUT2D eigenvalue weighted by molar-refractivity contribution is 5.79. The lowest BCUT2D eigenvalue weighted by molar-refractivity contribution is 0.0487. The van der Waals surface area contributed by atoms with Crippen LogP contribution >= 0.6 is 0 Å². The quantitative estimate of drug-likeness (QED) is 0.342. The summed E-state index contributed by atoms with van der Waals surface area (Å²) in [7, 11) is 3.34. The first-order valence-electron chi connectivity index (χ1n) is 8.39. The maximum atomic E-state index is 5.50. The van der Waals surface area contributed by atoms with Crippen LogP contribution in [0.4, 0.5) is 0 Å². The normalized spacial score (nSPS) is 11.4. The minimum atomic E-state index is 0.608. The average Bonchev–Trinajstić information content (AvgIpc) is 2.63. The molecule has 0 unspecified atom stereocenters. The molecule has 1 heterocycles. The second-order valence-electron chi connectivity index (χ2n) is 5.14. The van der Waals surface area contributed by atoms with Gasteiger partial charge in [0.15, 0.2) is 5.96 Å². The van der Waals surface area contributed by atoms with Crippen LogP contribution < -0.4 is 15.4 Å². The predicted octanol–water partition coefficient (Wildman–Crippen LogP) is 1.59. The lowest BCUT2D eigenvalue weighted by atomic mass is 10.3. The second kappa shape index (κ2) is 13.6. The van der Waals surface area contributed by atoms with E-state index in [9.17, 15) is 0 Å². The van der Waals surface area contributed by atoms with Crippen LogP contribution in [0.1, 0.15) is 25.3 Å². The number of nitrogens with zero attached hydrogens (tertiary/aromatic N) is 2. The zero-order valence-electron chi connectivity index (χ0n) is 15.0. The molecule has 0 saturated heterocycles. The van der Waals surface area contributed by atoms with E-state index in [1.165, 1.54) is 0 Å². The molecule has 24 heavy (non-hydrogen) atoms. The fourth-order valence-corrected chi connectivity index (χ4v) is 1.85. The number of methoxy groups -OCH3 is 1. The molecule has 0 aliphatic rings. The van der Waals surface area contributed by atoms with Gasteiger partial charge < -0.3 is 24.8 Å². The Morgan fingerprint density at radius 1 is 1.12 bits per heavy atom. The Kier molecular flexibility index (Phi) is 11.4. The maximum absolute atomic E-state index is 5.50. The number of aliphatic imine (C=N–C) groups is 1. The van der Waals surface area contributed by atoms with Crippen LogP contribution in [0.2, 0.25) is 0 Å². The number of unbranched alkanes of at least 4 members (excludes halogenated alkanes) is 1. The van der Waals surface area contributed by atoms with Crippen molar-refractivity contribution in [2.45, 2.75) is 26.3 Å². The third-order valence-electron chi connectivity index (χ3n) is 3.24. The fourth-order valence-electron chi connectivity index (χ4n) is 1.85. The van der Waals surface area contributed by atoms with E-state index in [1.807, 2.05) is 12.1 Å². The minimum Gasteiger partial charge on any atom is -0.481 e. The predicted molar refractivity (Wildman–Crippen MR) is 95.5 cm³/mol. The molecule has 0 saturated carbocycles. The molecule has 1 aromatic rings. The standard InChI is InChI=1S/C17H30N4O3/c1-4-5-9-23-11-12-24-10-8-19-17(18-2)21-14-15-6-7-16(22-3)20-13-15/h6-7,13H,4-5,8-12,14H2,1-3H3,(H2,18,19,21). The van der Waals surface area contributed by atoms with Gasteiger partial charge in [0.2, 0.25) is 5.88 Å². The summed E-state index contributed by atoms with van der Waals surface area (Å²) in [5, 5.41) is 6.43. The van der Waals surface area contributed by atoms with Crippen molar-refractivity contribution < 1.29 is 14.2 Å². The summed E-state index contributed by atoms with van der Waals surface area (Å²) < 4.78 is 16.0. The molecule has 136 valence electrons. The first kappa shape index (κ1) is 20.2. The highest BCUT2D eigenvalue weighted by Crippen LogP contribution is 2.05. The zero-order chi connectivity index (χ0) is 17.5. The van der Waals surface area contributed by atoms with Gasteiger partial charge in [0, 0.05) is 39.0 Å². The highest BCUT2D eigenvalue weighted by atomic mass is 16.5. The van der Waals surface area contributed by atoms with Gasteiger partial charge in [-0.1, -0.05) is 19.4 Å². The molecule has 1 rings (SSSR count). The third-order valence-corrected chi connectivity index (χ3v) is 3.24. The first-order valence-corrected chi connectivity index (χ1v) is 8.39. The summed E-state index contributed by atoms with van der Waals surface area (Å²) in [5.74, 6) is 1.34. The molecule has 2 N–H and O–H groups in total. The number of pyridine rings is 1. The molecule has 7 nitrogen and oxygen atoms in total. The van der Waals surface area contributed by atoms with E-state index in [4.69, 9.17) is 14.2 Å². The number of hydrogen-bond donors (Lipinski definition) is 2. The topological polar surface area (TPSA) is 77.0 Å². The van der Waals surface area contributed by atoms with Crippen molar-refractivity contribution in [3.8, 4) is 5.88 Å². The Morgan fingerprint density at radius 3 is 2.54 bits per heavy atom. The van der Waals surface area contributed by atoms with Crippen molar-refractivity contribution in [2.24, 2.45) is 4.99 Å². The Hall–Kier alpha value is -1.86. The second-order valence-corrected chi connectivity index (χ2v) is 5.14. The molecule has 7 heteroatoms. The Labute approximate surface area is 144 Å². The largest absolute Gasteiger partial charge is 0.481 e. The summed E-state index contributed by atoms with van der Waals surface area (Å²) >= 11 is 0. The van der Waals surface area contributed by atoms with Crippen LogP contribution in [0, 0.1) is 0 Å². The molecule has 0 radical (unpaired) electrons. The number of aromatic nitrogens is 1. The van der Waals surface area contributed by atoms with Crippen molar-refractivity contribution in [2.75, 3.05) is 47.1 Å². The van der Waals surface area contributed by atoms with Gasteiger partial charge in [-0.3, -0.25) is 4.99 Å². The molecule has 0 aliphatic heterocycles. The third kappa shape index (κ3) is 9.32. The van der Waals surface area contributed by atoms with Gasteiger partial charge in [-0.25, -0.2) is 4.98 Å². The molecule has 0 bridgehead atoms. The maximum Gasteiger partial charge on any atom is 0.212 e. The van der Waals surface area contributed by atoms with Crippen LogP contribution in [-0.4, -0.2) is 58.1 Å². The van der Waals surface area contributed by atoms with E-state index in [1.54, 1.807) is 20.4 Å². The monoisotopic (exact) mass is 338 g/mol. The lowest BCUT2D eigenvalue weighted by Crippen LogP contribution is -2.38. The van der Waals surface area contributed by atoms with E-state index in [-0.39, 0.29) is 0 Å². The lowest BCUT2D eigenvalue weighted by Gasteiger charge is -2.12. The van der Waals surface area contributed by atoms with Crippen molar-refractivity contribution >= 4 is 5.96 Å². The molecule has 0 atom stereocenters. The Bertz CT molecular complexity index is 452. The van der Waals surface area contributed by atoms with E-state index in [2.05, 4.69) is 27.5 Å². The SMILES string of the molecule is CCCCOCCOCCNC(=NC)NCc1ccc(OC)nc1. The molecule has 0 fully saturated rings. The Morgan fingerprint density at radius 2 is 1.92 bits per heavy atom. The fraction of sp³-hybridized carbons (Fsp3) is 0.647. The molecule has 1 aromatic heterocycles. The molecule has 0 spiro atoms. The molecular weight excluding hydrogens is 308 g/mol. The molecular formula is C17H30N4O3. The minimum absolute atomic E-state index is 0.608. The van der Waals surface area contributed by atoms with Gasteiger partial charge in [0.25, 0.3) is 0 Å². The van der Waals surface area contributed by atoms with Crippen LogP contribution in [0.5, 0.6) is 5.88 Å². The molecule has 0 amide bonds. The van der Waals surface area contributed by atoms with Crippen molar-refractivity contribution in [3.05, 3.63) is 23.9 Å². The summed E-state index contributed by atoms with van der Waals surface area (Å²) in [5.41, 5.74) is 1.05. The van der Waals surface area contributed by atoms with Crippen molar-refractivity contribution in [1.29, 1.82) is 0 Å². The Balaban J connectivity index is 2.08. The van der Waals surface area contributed by atoms with E-state index in [0.29, 0.717) is 38.8 Å². The van der Waals surface area contributed by atoms with Gasteiger partial charge in [-0.15, -0.1) is 0 Å². The number of hydrogen-bond acceptors (Lipinski definition) is 5. The van der Waals surface area contributed by atoms with Crippen molar-refractivity contribution in [1.82, 2.24) is 15.6 Å². The van der Waals surface area contributed by atoms with E-state index < -0.39 is 0 Å². The van der Waals surface area contributed by atoms with Crippen LogP contribution in [0.25, 0.3) is 0 Å². The van der Waals surface area contributed by atoms with E-state index >= 15 is 0 Å². The van der Waals surface area contributed by atoms with Crippen LogP contribution in [0.3, 0.4) is 0 Å². The van der Waals surface area contributed by atoms with Crippen LogP contribution in [-0.2, 0) is 16.0 Å². The van der Waals surface area contributed by atoms with Gasteiger partial charge >= 0.3 is 0 Å². The summed E-state index contributed by atoms with van der Waals surface area (Å²) in [4.78, 5) is 8.34. The highest BCUT2D eigenvalue weighted by Gasteiger charge is 1.99.